The van der Waals surface area contributed by atoms with Crippen LogP contribution in [0.4, 0.5) is 18.9 Å². The van der Waals surface area contributed by atoms with Gasteiger partial charge in [0.25, 0.3) is 11.5 Å². The van der Waals surface area contributed by atoms with Gasteiger partial charge in [0.05, 0.1) is 21.2 Å². The SMILES string of the molecule is CS(=O)(=O)c1ccc(-c2nc3n(CC(=O)Nc4ccc(C(F)(F)F)cc4Cl)c4c(c(=O)n3n2)C2(CCN(C(=O)c3ncccc3O)CC2)[C@@H]2C[C@H]42)cc1. The highest BCUT2D eigenvalue weighted by molar-refractivity contribution is 7.90. The fourth-order valence-corrected chi connectivity index (χ4v) is 8.77. The number of anilines is 1. The molecule has 13 nitrogen and oxygen atoms in total. The fourth-order valence-electron chi connectivity index (χ4n) is 7.92. The number of alkyl halides is 3. The largest absolute Gasteiger partial charge is 0.505 e. The normalized spacial score (nSPS) is 18.9. The molecule has 4 heterocycles. The lowest BCUT2D eigenvalue weighted by atomic mass is 9.71. The minimum absolute atomic E-state index is 0.0387. The predicted octanol–water partition coefficient (Wildman–Crippen LogP) is 4.66. The number of rotatable bonds is 6. The lowest BCUT2D eigenvalue weighted by Crippen LogP contribution is -2.48. The lowest BCUT2D eigenvalue weighted by Gasteiger charge is -2.41. The molecule has 1 aliphatic heterocycles. The average molecular weight is 768 g/mol. The van der Waals surface area contributed by atoms with Gasteiger partial charge in [-0.3, -0.25) is 14.4 Å². The summed E-state index contributed by atoms with van der Waals surface area (Å²) in [6, 6.07) is 11.3. The maximum Gasteiger partial charge on any atom is 0.416 e. The van der Waals surface area contributed by atoms with E-state index in [0.717, 1.165) is 35.4 Å². The number of piperidine rings is 1. The summed E-state index contributed by atoms with van der Waals surface area (Å²) in [4.78, 5) is 51.8. The Morgan fingerprint density at radius 1 is 1.09 bits per heavy atom. The van der Waals surface area contributed by atoms with Gasteiger partial charge in [0.15, 0.2) is 21.4 Å². The van der Waals surface area contributed by atoms with Gasteiger partial charge in [0, 0.05) is 53.7 Å². The third kappa shape index (κ3) is 5.82. The Morgan fingerprint density at radius 2 is 1.81 bits per heavy atom. The van der Waals surface area contributed by atoms with Crippen LogP contribution in [0.3, 0.4) is 0 Å². The van der Waals surface area contributed by atoms with Crippen LogP contribution in [-0.2, 0) is 32.8 Å². The standard InChI is InChI=1S/C35H29ClF3N7O6S/c1-53(51,52)20-7-4-18(5-8-20)30-42-33-45(17-26(48)41-24-9-6-19(15-23(24)36)35(37,38)39)29-21-16-22(21)34(27(29)31(49)46(33)43-30)10-13-44(14-11-34)32(50)28-25(47)3-2-12-40-28/h2-9,12,15,21-22,47H,10-11,13-14,16-17H2,1H3,(H,41,48)/t21-,22+/m0/s1. The van der Waals surface area contributed by atoms with Crippen LogP contribution in [0.1, 0.15) is 52.5 Å². The Morgan fingerprint density at radius 3 is 2.45 bits per heavy atom. The van der Waals surface area contributed by atoms with E-state index in [0.29, 0.717) is 29.7 Å². The number of halogens is 4. The van der Waals surface area contributed by atoms with Gasteiger partial charge in [-0.25, -0.2) is 13.4 Å². The van der Waals surface area contributed by atoms with E-state index in [1.54, 1.807) is 9.47 Å². The first-order valence-corrected chi connectivity index (χ1v) is 18.8. The maximum atomic E-state index is 14.5. The molecule has 2 atom stereocenters. The summed E-state index contributed by atoms with van der Waals surface area (Å²) >= 11 is 6.14. The number of nitrogens with one attached hydrogen (secondary N) is 1. The third-order valence-corrected chi connectivity index (χ3v) is 11.9. The minimum Gasteiger partial charge on any atom is -0.505 e. The van der Waals surface area contributed by atoms with Crippen LogP contribution in [0.5, 0.6) is 5.75 Å². The van der Waals surface area contributed by atoms with E-state index in [1.165, 1.54) is 42.6 Å². The van der Waals surface area contributed by atoms with Crippen molar-refractivity contribution in [1.29, 1.82) is 0 Å². The zero-order valence-electron chi connectivity index (χ0n) is 27.8. The number of benzene rings is 2. The summed E-state index contributed by atoms with van der Waals surface area (Å²) in [6.45, 7) is 0.159. The number of aromatic hydroxyl groups is 1. The van der Waals surface area contributed by atoms with E-state index in [2.05, 4.69) is 20.4 Å². The van der Waals surface area contributed by atoms with Crippen molar-refractivity contribution in [2.45, 2.75) is 48.2 Å². The van der Waals surface area contributed by atoms with E-state index in [1.807, 2.05) is 0 Å². The number of hydrogen-bond acceptors (Lipinski definition) is 9. The Balaban J connectivity index is 1.19. The summed E-state index contributed by atoms with van der Waals surface area (Å²) < 4.78 is 66.6. The second-order valence-corrected chi connectivity index (χ2v) is 16.0. The van der Waals surface area contributed by atoms with E-state index in [4.69, 9.17) is 11.6 Å². The summed E-state index contributed by atoms with van der Waals surface area (Å²) in [5.74, 6) is -1.23. The van der Waals surface area contributed by atoms with Crippen LogP contribution < -0.4 is 10.9 Å². The second kappa shape index (κ2) is 12.1. The van der Waals surface area contributed by atoms with E-state index in [-0.39, 0.29) is 63.6 Å². The molecule has 8 rings (SSSR count). The molecule has 1 spiro atoms. The van der Waals surface area contributed by atoms with Gasteiger partial charge >= 0.3 is 6.18 Å². The molecule has 2 N–H and O–H groups in total. The van der Waals surface area contributed by atoms with Crippen molar-refractivity contribution in [3.05, 3.63) is 98.7 Å². The third-order valence-electron chi connectivity index (χ3n) is 10.5. The Kier molecular flexibility index (Phi) is 7.96. The fraction of sp³-hybridized carbons (Fsp3) is 0.314. The molecule has 3 aromatic heterocycles. The van der Waals surface area contributed by atoms with Gasteiger partial charge in [-0.05, 0) is 79.8 Å². The zero-order valence-corrected chi connectivity index (χ0v) is 29.3. The quantitative estimate of drug-likeness (QED) is 0.250. The van der Waals surface area contributed by atoms with Crippen molar-refractivity contribution in [2.75, 3.05) is 24.7 Å². The van der Waals surface area contributed by atoms with Crippen molar-refractivity contribution in [2.24, 2.45) is 5.92 Å². The number of likely N-dealkylation sites (tertiary alicyclic amines) is 1. The molecule has 18 heteroatoms. The lowest BCUT2D eigenvalue weighted by molar-refractivity contribution is -0.137. The molecule has 0 radical (unpaired) electrons. The van der Waals surface area contributed by atoms with Crippen LogP contribution in [0.25, 0.3) is 17.2 Å². The van der Waals surface area contributed by atoms with Crippen molar-refractivity contribution in [3.8, 4) is 17.1 Å². The Labute approximate surface area is 304 Å². The monoisotopic (exact) mass is 767 g/mol. The first-order valence-electron chi connectivity index (χ1n) is 16.5. The maximum absolute atomic E-state index is 14.5. The van der Waals surface area contributed by atoms with Crippen LogP contribution >= 0.6 is 11.6 Å². The van der Waals surface area contributed by atoms with Gasteiger partial charge in [-0.1, -0.05) is 11.6 Å². The number of hydrogen-bond donors (Lipinski definition) is 2. The number of pyridine rings is 1. The molecule has 1 saturated carbocycles. The molecule has 2 aliphatic carbocycles. The number of nitrogens with zero attached hydrogens (tertiary/aromatic N) is 6. The van der Waals surface area contributed by atoms with Crippen molar-refractivity contribution in [3.63, 3.8) is 0 Å². The first-order chi connectivity index (χ1) is 25.1. The minimum atomic E-state index is -4.63. The van der Waals surface area contributed by atoms with Crippen molar-refractivity contribution >= 4 is 44.7 Å². The molecule has 5 aromatic rings. The van der Waals surface area contributed by atoms with Crippen LogP contribution in [0.15, 0.2) is 70.5 Å². The number of sulfone groups is 1. The van der Waals surface area contributed by atoms with Crippen molar-refractivity contribution < 1.29 is 36.3 Å². The topological polar surface area (TPSA) is 169 Å². The van der Waals surface area contributed by atoms with Crippen LogP contribution in [0.2, 0.25) is 5.02 Å². The van der Waals surface area contributed by atoms with E-state index in [9.17, 15) is 41.1 Å². The van der Waals surface area contributed by atoms with Crippen LogP contribution in [-0.4, -0.2) is 73.7 Å². The number of carbonyl (C=O) groups is 2. The van der Waals surface area contributed by atoms with Gasteiger partial charge in [-0.15, -0.1) is 5.10 Å². The highest BCUT2D eigenvalue weighted by Crippen LogP contribution is 2.67. The van der Waals surface area contributed by atoms with Crippen molar-refractivity contribution in [1.82, 2.24) is 29.0 Å². The number of fused-ring (bicyclic) bond motifs is 6. The summed E-state index contributed by atoms with van der Waals surface area (Å²) in [6.07, 6.45) is -0.580. The molecule has 1 saturated heterocycles. The Hall–Kier alpha value is -5.29. The van der Waals surface area contributed by atoms with Crippen LogP contribution in [0, 0.1) is 5.92 Å². The predicted molar refractivity (Wildman–Crippen MR) is 184 cm³/mol. The summed E-state index contributed by atoms with van der Waals surface area (Å²) in [7, 11) is -3.49. The number of carbonyl (C=O) groups excluding carboxylic acids is 2. The highest BCUT2D eigenvalue weighted by atomic mass is 35.5. The Bertz CT molecular complexity index is 2530. The van der Waals surface area contributed by atoms with Gasteiger partial charge < -0.3 is 19.9 Å². The van der Waals surface area contributed by atoms with E-state index >= 15 is 0 Å². The van der Waals surface area contributed by atoms with Gasteiger partial charge in [0.2, 0.25) is 11.7 Å². The zero-order chi connectivity index (χ0) is 37.6. The molecule has 274 valence electrons. The smallest absolute Gasteiger partial charge is 0.416 e. The first kappa shape index (κ1) is 34.8. The average Bonchev–Trinajstić information content (AvgIpc) is 3.71. The molecule has 3 aliphatic rings. The number of aromatic nitrogens is 5. The van der Waals surface area contributed by atoms with Gasteiger partial charge in [-0.2, -0.15) is 22.7 Å². The summed E-state index contributed by atoms with van der Waals surface area (Å²) in [5.41, 5.74) is -0.693. The number of amides is 2. The highest BCUT2D eigenvalue weighted by Gasteiger charge is 2.64. The molecular weight excluding hydrogens is 739 g/mol. The van der Waals surface area contributed by atoms with E-state index < -0.39 is 50.9 Å². The molecule has 2 fully saturated rings. The molecule has 0 bridgehead atoms. The summed E-state index contributed by atoms with van der Waals surface area (Å²) in [5, 5.41) is 17.0. The second-order valence-electron chi connectivity index (χ2n) is 13.6. The molecule has 2 aromatic carbocycles. The molecule has 0 unspecified atom stereocenters. The molecular formula is C35H29ClF3N7O6S. The molecule has 2 amide bonds. The molecule has 53 heavy (non-hydrogen) atoms. The van der Waals surface area contributed by atoms with Gasteiger partial charge in [0.1, 0.15) is 12.3 Å².